The van der Waals surface area contributed by atoms with Gasteiger partial charge in [0.1, 0.15) is 0 Å². The molecule has 0 spiro atoms. The van der Waals surface area contributed by atoms with Crippen molar-refractivity contribution >= 4 is 26.7 Å². The zero-order chi connectivity index (χ0) is 21.0. The molecule has 4 rings (SSSR count). The van der Waals surface area contributed by atoms with Gasteiger partial charge in [-0.05, 0) is 62.2 Å². The van der Waals surface area contributed by atoms with Gasteiger partial charge in [-0.2, -0.15) is 0 Å². The molecule has 1 aliphatic heterocycles. The molecule has 2 fully saturated rings. The summed E-state index contributed by atoms with van der Waals surface area (Å²) in [5.41, 5.74) is 0.530. The van der Waals surface area contributed by atoms with E-state index in [0.717, 1.165) is 25.9 Å². The Morgan fingerprint density at radius 2 is 1.63 bits per heavy atom. The normalized spacial score (nSPS) is 19.1. The summed E-state index contributed by atoms with van der Waals surface area (Å²) in [5.74, 6) is 0.412. The van der Waals surface area contributed by atoms with Crippen molar-refractivity contribution in [1.82, 2.24) is 15.4 Å². The van der Waals surface area contributed by atoms with Crippen molar-refractivity contribution in [2.75, 3.05) is 19.6 Å². The summed E-state index contributed by atoms with van der Waals surface area (Å²) in [4.78, 5) is 13.1. The minimum atomic E-state index is -3.67. The van der Waals surface area contributed by atoms with Gasteiger partial charge in [0.25, 0.3) is 5.91 Å². The third-order valence-corrected chi connectivity index (χ3v) is 7.93. The maximum absolute atomic E-state index is 13.1. The lowest BCUT2D eigenvalue weighted by Gasteiger charge is -2.24. The number of fused-ring (bicyclic) bond motifs is 1. The maximum Gasteiger partial charge on any atom is 0.251 e. The molecule has 6 nitrogen and oxygen atoms in total. The van der Waals surface area contributed by atoms with Crippen LogP contribution in [0.2, 0.25) is 0 Å². The third-order valence-electron chi connectivity index (χ3n) is 6.36. The fourth-order valence-electron chi connectivity index (χ4n) is 4.65. The minimum Gasteiger partial charge on any atom is -0.352 e. The maximum atomic E-state index is 13.1. The highest BCUT2D eigenvalue weighted by molar-refractivity contribution is 7.89. The number of amides is 1. The van der Waals surface area contributed by atoms with Gasteiger partial charge in [0, 0.05) is 23.5 Å². The van der Waals surface area contributed by atoms with Gasteiger partial charge in [-0.3, -0.25) is 4.79 Å². The van der Waals surface area contributed by atoms with Crippen molar-refractivity contribution in [3.8, 4) is 0 Å². The summed E-state index contributed by atoms with van der Waals surface area (Å²) < 4.78 is 29.0. The van der Waals surface area contributed by atoms with Gasteiger partial charge in [-0.15, -0.1) is 0 Å². The van der Waals surface area contributed by atoms with Crippen LogP contribution in [0.25, 0.3) is 10.8 Å². The molecule has 1 aliphatic carbocycles. The number of rotatable bonds is 6. The Bertz CT molecular complexity index is 994. The van der Waals surface area contributed by atoms with Crippen LogP contribution in [-0.4, -0.2) is 40.0 Å². The number of piperidine rings is 1. The van der Waals surface area contributed by atoms with Crippen LogP contribution in [0.1, 0.15) is 55.3 Å². The van der Waals surface area contributed by atoms with Gasteiger partial charge in [0.15, 0.2) is 0 Å². The van der Waals surface area contributed by atoms with E-state index in [2.05, 4.69) is 15.4 Å². The van der Waals surface area contributed by atoms with E-state index in [1.165, 1.54) is 32.1 Å². The first-order valence-corrected chi connectivity index (χ1v) is 12.6. The first-order valence-electron chi connectivity index (χ1n) is 11.1. The van der Waals surface area contributed by atoms with Gasteiger partial charge in [0.2, 0.25) is 10.0 Å². The lowest BCUT2D eigenvalue weighted by molar-refractivity contribution is 0.0945. The molecule has 1 saturated carbocycles. The highest BCUT2D eigenvalue weighted by Crippen LogP contribution is 2.27. The second-order valence-electron chi connectivity index (χ2n) is 8.52. The Hall–Kier alpha value is -1.96. The number of hydrogen-bond acceptors (Lipinski definition) is 4. The zero-order valence-corrected chi connectivity index (χ0v) is 18.1. The van der Waals surface area contributed by atoms with E-state index in [0.29, 0.717) is 28.8 Å². The van der Waals surface area contributed by atoms with Gasteiger partial charge in [0.05, 0.1) is 4.90 Å². The second kappa shape index (κ2) is 9.45. The van der Waals surface area contributed by atoms with Crippen LogP contribution in [0.4, 0.5) is 0 Å². The molecule has 0 bridgehead atoms. The van der Waals surface area contributed by atoms with Gasteiger partial charge in [-0.1, -0.05) is 43.5 Å². The molecule has 0 unspecified atom stereocenters. The van der Waals surface area contributed by atoms with E-state index in [4.69, 9.17) is 0 Å². The summed E-state index contributed by atoms with van der Waals surface area (Å²) in [7, 11) is -3.67. The van der Waals surface area contributed by atoms with Gasteiger partial charge >= 0.3 is 0 Å². The number of carbonyl (C=O) groups is 1. The first kappa shape index (κ1) is 21.3. The SMILES string of the molecule is O=C(NCC1CCCCC1)c1ccc(S(=O)(=O)NC2CCNCC2)c2ccccc12. The summed E-state index contributed by atoms with van der Waals surface area (Å²) in [6.45, 7) is 2.31. The van der Waals surface area contributed by atoms with E-state index < -0.39 is 10.0 Å². The molecule has 2 aromatic carbocycles. The molecule has 2 aromatic rings. The summed E-state index contributed by atoms with van der Waals surface area (Å²) in [6.07, 6.45) is 7.65. The Morgan fingerprint density at radius 3 is 2.37 bits per heavy atom. The lowest BCUT2D eigenvalue weighted by atomic mass is 9.89. The van der Waals surface area contributed by atoms with E-state index in [-0.39, 0.29) is 16.8 Å². The predicted octanol–water partition coefficient (Wildman–Crippen LogP) is 3.18. The summed E-state index contributed by atoms with van der Waals surface area (Å²) >= 11 is 0. The number of sulfonamides is 1. The van der Waals surface area contributed by atoms with Gasteiger partial charge in [-0.25, -0.2) is 13.1 Å². The molecule has 30 heavy (non-hydrogen) atoms. The Balaban J connectivity index is 1.57. The number of hydrogen-bond donors (Lipinski definition) is 3. The Morgan fingerprint density at radius 1 is 0.933 bits per heavy atom. The summed E-state index contributed by atoms with van der Waals surface area (Å²) in [6, 6.07) is 10.4. The molecule has 3 N–H and O–H groups in total. The molecular weight excluding hydrogens is 398 g/mol. The average molecular weight is 430 g/mol. The quantitative estimate of drug-likeness (QED) is 0.658. The Kier molecular flexibility index (Phi) is 6.71. The Labute approximate surface area is 178 Å². The number of carbonyl (C=O) groups excluding carboxylic acids is 1. The van der Waals surface area contributed by atoms with Crippen molar-refractivity contribution in [2.45, 2.75) is 55.9 Å². The van der Waals surface area contributed by atoms with Crippen molar-refractivity contribution in [1.29, 1.82) is 0 Å². The standard InChI is InChI=1S/C23H31N3O3S/c27-23(25-16-17-6-2-1-3-7-17)21-10-11-22(20-9-5-4-8-19(20)21)30(28,29)26-18-12-14-24-15-13-18/h4-5,8-11,17-18,24,26H,1-3,6-7,12-16H2,(H,25,27). The highest BCUT2D eigenvalue weighted by Gasteiger charge is 2.25. The van der Waals surface area contributed by atoms with E-state index >= 15 is 0 Å². The van der Waals surface area contributed by atoms with Crippen molar-refractivity contribution in [2.24, 2.45) is 5.92 Å². The lowest BCUT2D eigenvalue weighted by Crippen LogP contribution is -2.42. The molecule has 0 radical (unpaired) electrons. The largest absolute Gasteiger partial charge is 0.352 e. The van der Waals surface area contributed by atoms with E-state index in [1.54, 1.807) is 18.2 Å². The second-order valence-corrected chi connectivity index (χ2v) is 10.2. The predicted molar refractivity (Wildman–Crippen MR) is 119 cm³/mol. The first-order chi connectivity index (χ1) is 14.5. The van der Waals surface area contributed by atoms with Crippen LogP contribution in [0.5, 0.6) is 0 Å². The smallest absolute Gasteiger partial charge is 0.251 e. The van der Waals surface area contributed by atoms with E-state index in [9.17, 15) is 13.2 Å². The molecule has 7 heteroatoms. The molecule has 162 valence electrons. The fraction of sp³-hybridized carbons (Fsp3) is 0.522. The number of benzene rings is 2. The minimum absolute atomic E-state index is 0.0616. The van der Waals surface area contributed by atoms with E-state index in [1.807, 2.05) is 18.2 Å². The molecule has 2 aliphatic rings. The average Bonchev–Trinajstić information content (AvgIpc) is 2.77. The van der Waals surface area contributed by atoms with Crippen LogP contribution < -0.4 is 15.4 Å². The third kappa shape index (κ3) is 4.85. The summed E-state index contributed by atoms with van der Waals surface area (Å²) in [5, 5.41) is 7.58. The van der Waals surface area contributed by atoms with Crippen molar-refractivity contribution in [3.63, 3.8) is 0 Å². The van der Waals surface area contributed by atoms with Crippen LogP contribution in [0, 0.1) is 5.92 Å². The molecule has 0 atom stereocenters. The zero-order valence-electron chi connectivity index (χ0n) is 17.3. The van der Waals surface area contributed by atoms with Crippen molar-refractivity contribution in [3.05, 3.63) is 42.0 Å². The molecule has 1 heterocycles. The molecule has 1 amide bonds. The molecule has 1 saturated heterocycles. The number of nitrogens with one attached hydrogen (secondary N) is 3. The van der Waals surface area contributed by atoms with Crippen LogP contribution >= 0.6 is 0 Å². The molecular formula is C23H31N3O3S. The molecule has 0 aromatic heterocycles. The fourth-order valence-corrected chi connectivity index (χ4v) is 6.17. The van der Waals surface area contributed by atoms with Crippen LogP contribution in [0.15, 0.2) is 41.3 Å². The van der Waals surface area contributed by atoms with Crippen LogP contribution in [-0.2, 0) is 10.0 Å². The monoisotopic (exact) mass is 429 g/mol. The van der Waals surface area contributed by atoms with Crippen LogP contribution in [0.3, 0.4) is 0 Å². The van der Waals surface area contributed by atoms with Crippen molar-refractivity contribution < 1.29 is 13.2 Å². The van der Waals surface area contributed by atoms with Gasteiger partial charge < -0.3 is 10.6 Å². The topological polar surface area (TPSA) is 87.3 Å². The highest BCUT2D eigenvalue weighted by atomic mass is 32.2.